The monoisotopic (exact) mass is 389 g/mol. The molecule has 1 amide bonds. The van der Waals surface area contributed by atoms with Crippen LogP contribution in [0.4, 0.5) is 5.69 Å². The molecule has 0 N–H and O–H groups in total. The van der Waals surface area contributed by atoms with Crippen molar-refractivity contribution in [3.63, 3.8) is 0 Å². The molecule has 1 aliphatic heterocycles. The van der Waals surface area contributed by atoms with Crippen LogP contribution in [0.25, 0.3) is 6.08 Å². The van der Waals surface area contributed by atoms with E-state index in [2.05, 4.69) is 0 Å². The van der Waals surface area contributed by atoms with Gasteiger partial charge in [-0.3, -0.25) is 4.79 Å². The van der Waals surface area contributed by atoms with Crippen molar-refractivity contribution in [2.45, 2.75) is 12.5 Å². The van der Waals surface area contributed by atoms with Crippen LogP contribution in [0.3, 0.4) is 0 Å². The second kappa shape index (κ2) is 8.22. The average molecular weight is 389 g/mol. The number of ether oxygens (including phenoxy) is 1. The van der Waals surface area contributed by atoms with Crippen LogP contribution in [0.2, 0.25) is 0 Å². The molecule has 0 spiro atoms. The van der Waals surface area contributed by atoms with Gasteiger partial charge >= 0.3 is 5.97 Å². The number of para-hydroxylation sites is 1. The highest BCUT2D eigenvalue weighted by molar-refractivity contribution is 7.91. The van der Waals surface area contributed by atoms with Gasteiger partial charge in [0.05, 0.1) is 23.8 Å². The summed E-state index contributed by atoms with van der Waals surface area (Å²) in [6.45, 7) is -0.479. The summed E-state index contributed by atoms with van der Waals surface area (Å²) in [6.07, 6.45) is 4.43. The maximum atomic E-state index is 12.7. The predicted octanol–water partition coefficient (Wildman–Crippen LogP) is 2.06. The molecule has 1 fully saturated rings. The molecule has 0 unspecified atom stereocenters. The lowest BCUT2D eigenvalue weighted by atomic mass is 10.2. The molecule has 1 saturated heterocycles. The molecule has 1 aromatic heterocycles. The van der Waals surface area contributed by atoms with E-state index in [1.807, 2.05) is 0 Å². The molecule has 8 heteroatoms. The Morgan fingerprint density at radius 3 is 2.59 bits per heavy atom. The van der Waals surface area contributed by atoms with Gasteiger partial charge in [-0.15, -0.1) is 0 Å². The Hall–Kier alpha value is -2.87. The molecular weight excluding hydrogens is 370 g/mol. The van der Waals surface area contributed by atoms with E-state index in [-0.39, 0.29) is 11.5 Å². The van der Waals surface area contributed by atoms with E-state index in [9.17, 15) is 18.0 Å². The SMILES string of the molecule is O=C(/C=C/c1ccco1)OCC(=O)N(c1ccccc1)[C@@H]1CCS(=O)(=O)C1. The zero-order valence-corrected chi connectivity index (χ0v) is 15.3. The van der Waals surface area contributed by atoms with E-state index >= 15 is 0 Å². The van der Waals surface area contributed by atoms with Gasteiger partial charge in [-0.25, -0.2) is 13.2 Å². The second-order valence-corrected chi connectivity index (χ2v) is 8.34. The van der Waals surface area contributed by atoms with E-state index in [1.165, 1.54) is 23.3 Å². The molecule has 3 rings (SSSR count). The molecule has 1 atom stereocenters. The van der Waals surface area contributed by atoms with Crippen molar-refractivity contribution in [2.75, 3.05) is 23.0 Å². The summed E-state index contributed by atoms with van der Waals surface area (Å²) in [5.74, 6) is -0.727. The molecule has 0 saturated carbocycles. The Labute approximate surface area is 157 Å². The lowest BCUT2D eigenvalue weighted by Gasteiger charge is -2.28. The smallest absolute Gasteiger partial charge is 0.331 e. The van der Waals surface area contributed by atoms with Crippen molar-refractivity contribution in [1.82, 2.24) is 0 Å². The lowest BCUT2D eigenvalue weighted by molar-refractivity contribution is -0.143. The largest absolute Gasteiger partial charge is 0.465 e. The first-order valence-electron chi connectivity index (χ1n) is 8.40. The lowest BCUT2D eigenvalue weighted by Crippen LogP contribution is -2.43. The zero-order valence-electron chi connectivity index (χ0n) is 14.5. The van der Waals surface area contributed by atoms with Crippen LogP contribution in [-0.2, 0) is 24.2 Å². The van der Waals surface area contributed by atoms with Crippen molar-refractivity contribution in [1.29, 1.82) is 0 Å². The maximum Gasteiger partial charge on any atom is 0.331 e. The van der Waals surface area contributed by atoms with Gasteiger partial charge in [0, 0.05) is 11.8 Å². The number of anilines is 1. The molecule has 2 aromatic rings. The minimum Gasteiger partial charge on any atom is -0.465 e. The summed E-state index contributed by atoms with van der Waals surface area (Å²) in [4.78, 5) is 25.9. The molecule has 27 heavy (non-hydrogen) atoms. The fourth-order valence-corrected chi connectivity index (χ4v) is 4.61. The number of furan rings is 1. The summed E-state index contributed by atoms with van der Waals surface area (Å²) < 4.78 is 33.7. The van der Waals surface area contributed by atoms with Crippen LogP contribution in [0.15, 0.2) is 59.2 Å². The number of rotatable bonds is 6. The molecule has 0 radical (unpaired) electrons. The van der Waals surface area contributed by atoms with Crippen molar-refractivity contribution in [3.8, 4) is 0 Å². The number of carbonyl (C=O) groups excluding carboxylic acids is 2. The topological polar surface area (TPSA) is 93.9 Å². The van der Waals surface area contributed by atoms with Crippen LogP contribution in [-0.4, -0.2) is 44.4 Å². The molecule has 0 bridgehead atoms. The van der Waals surface area contributed by atoms with E-state index in [4.69, 9.17) is 9.15 Å². The Morgan fingerprint density at radius 2 is 1.96 bits per heavy atom. The third-order valence-corrected chi connectivity index (χ3v) is 5.89. The molecule has 1 aliphatic rings. The van der Waals surface area contributed by atoms with Gasteiger partial charge in [0.1, 0.15) is 5.76 Å². The van der Waals surface area contributed by atoms with Crippen LogP contribution < -0.4 is 4.90 Å². The number of nitrogens with zero attached hydrogens (tertiary/aromatic N) is 1. The van der Waals surface area contributed by atoms with E-state index in [0.717, 1.165) is 0 Å². The molecule has 7 nitrogen and oxygen atoms in total. The van der Waals surface area contributed by atoms with Gasteiger partial charge < -0.3 is 14.1 Å². The normalized spacial score (nSPS) is 18.4. The van der Waals surface area contributed by atoms with Crippen molar-refractivity contribution >= 4 is 33.5 Å². The average Bonchev–Trinajstić information content (AvgIpc) is 3.29. The summed E-state index contributed by atoms with van der Waals surface area (Å²) in [7, 11) is -3.17. The first-order valence-corrected chi connectivity index (χ1v) is 10.2. The summed E-state index contributed by atoms with van der Waals surface area (Å²) in [5, 5.41) is 0. The highest BCUT2D eigenvalue weighted by Crippen LogP contribution is 2.24. The van der Waals surface area contributed by atoms with Crippen LogP contribution in [0.5, 0.6) is 0 Å². The van der Waals surface area contributed by atoms with Gasteiger partial charge in [-0.1, -0.05) is 18.2 Å². The Morgan fingerprint density at radius 1 is 1.19 bits per heavy atom. The Bertz CT molecular complexity index is 918. The molecule has 2 heterocycles. The number of carbonyl (C=O) groups is 2. The fourth-order valence-electron chi connectivity index (χ4n) is 2.91. The number of benzene rings is 1. The van der Waals surface area contributed by atoms with E-state index < -0.39 is 34.4 Å². The highest BCUT2D eigenvalue weighted by Gasteiger charge is 2.35. The third-order valence-electron chi connectivity index (χ3n) is 4.14. The number of hydrogen-bond donors (Lipinski definition) is 0. The minimum atomic E-state index is -3.17. The van der Waals surface area contributed by atoms with Gasteiger partial charge in [0.2, 0.25) is 0 Å². The Balaban J connectivity index is 1.67. The summed E-state index contributed by atoms with van der Waals surface area (Å²) >= 11 is 0. The van der Waals surface area contributed by atoms with Crippen LogP contribution in [0, 0.1) is 0 Å². The summed E-state index contributed by atoms with van der Waals surface area (Å²) in [5.41, 5.74) is 0.576. The molecule has 1 aromatic carbocycles. The maximum absolute atomic E-state index is 12.7. The molecule has 0 aliphatic carbocycles. The van der Waals surface area contributed by atoms with E-state index in [0.29, 0.717) is 17.9 Å². The second-order valence-electron chi connectivity index (χ2n) is 6.11. The Kier molecular flexibility index (Phi) is 5.75. The van der Waals surface area contributed by atoms with Gasteiger partial charge in [0.15, 0.2) is 16.4 Å². The molecule has 142 valence electrons. The summed E-state index contributed by atoms with van der Waals surface area (Å²) in [6, 6.07) is 11.7. The third kappa shape index (κ3) is 5.07. The number of sulfone groups is 1. The zero-order chi connectivity index (χ0) is 19.3. The first-order chi connectivity index (χ1) is 12.9. The first kappa shape index (κ1) is 18.9. The van der Waals surface area contributed by atoms with Gasteiger partial charge in [0.25, 0.3) is 5.91 Å². The van der Waals surface area contributed by atoms with Gasteiger partial charge in [-0.2, -0.15) is 0 Å². The van der Waals surface area contributed by atoms with Crippen LogP contribution >= 0.6 is 0 Å². The quantitative estimate of drug-likeness (QED) is 0.554. The number of hydrogen-bond acceptors (Lipinski definition) is 6. The van der Waals surface area contributed by atoms with Crippen LogP contribution in [0.1, 0.15) is 12.2 Å². The number of esters is 1. The molecular formula is C19H19NO6S. The minimum absolute atomic E-state index is 0.0416. The van der Waals surface area contributed by atoms with Gasteiger partial charge in [-0.05, 0) is 36.8 Å². The highest BCUT2D eigenvalue weighted by atomic mass is 32.2. The van der Waals surface area contributed by atoms with Crippen molar-refractivity contribution in [3.05, 3.63) is 60.6 Å². The van der Waals surface area contributed by atoms with Crippen molar-refractivity contribution < 1.29 is 27.2 Å². The fraction of sp³-hybridized carbons (Fsp3) is 0.263. The van der Waals surface area contributed by atoms with E-state index in [1.54, 1.807) is 42.5 Å². The number of amides is 1. The predicted molar refractivity (Wildman–Crippen MR) is 99.7 cm³/mol. The standard InChI is InChI=1S/C19H19NO6S/c21-18(13-26-19(22)9-8-17-7-4-11-25-17)20(15-5-2-1-3-6-15)16-10-12-27(23,24)14-16/h1-9,11,16H,10,12-14H2/b9-8+/t16-/m1/s1. The van der Waals surface area contributed by atoms with Crippen molar-refractivity contribution in [2.24, 2.45) is 0 Å².